The summed E-state index contributed by atoms with van der Waals surface area (Å²) in [6.45, 7) is 5.71. The van der Waals surface area contributed by atoms with Crippen LogP contribution in [0.2, 0.25) is 0 Å². The summed E-state index contributed by atoms with van der Waals surface area (Å²) >= 11 is 0. The molecule has 0 aliphatic carbocycles. The molecule has 1 rings (SSSR count). The van der Waals surface area contributed by atoms with Crippen molar-refractivity contribution in [1.29, 1.82) is 0 Å². The lowest BCUT2D eigenvalue weighted by Gasteiger charge is -1.97. The normalized spacial score (nSPS) is 11.1. The third-order valence-corrected chi connectivity index (χ3v) is 1.64. The highest BCUT2D eigenvalue weighted by Gasteiger charge is 2.09. The zero-order valence-electron chi connectivity index (χ0n) is 8.57. The smallest absolute Gasteiger partial charge is 0.274 e. The van der Waals surface area contributed by atoms with Crippen molar-refractivity contribution in [2.45, 2.75) is 20.8 Å². The van der Waals surface area contributed by atoms with Crippen LogP contribution in [0.3, 0.4) is 0 Å². The zero-order valence-corrected chi connectivity index (χ0v) is 8.57. The van der Waals surface area contributed by atoms with Gasteiger partial charge in [-0.25, -0.2) is 5.43 Å². The number of hydrazone groups is 1. The molecule has 0 aliphatic rings. The van der Waals surface area contributed by atoms with Crippen molar-refractivity contribution in [3.63, 3.8) is 0 Å². The van der Waals surface area contributed by atoms with Gasteiger partial charge in [0, 0.05) is 6.21 Å². The van der Waals surface area contributed by atoms with Crippen molar-refractivity contribution in [3.8, 4) is 0 Å². The number of nitrogens with zero attached hydrogens (tertiary/aromatic N) is 1. The number of amides is 1. The van der Waals surface area contributed by atoms with Crippen LogP contribution in [0.1, 0.15) is 30.0 Å². The van der Waals surface area contributed by atoms with Crippen molar-refractivity contribution in [2.24, 2.45) is 11.0 Å². The molecule has 0 saturated carbocycles. The van der Waals surface area contributed by atoms with Crippen LogP contribution in [-0.2, 0) is 0 Å². The Bertz CT molecular complexity index is 340. The number of hydrogen-bond acceptors (Lipinski definition) is 3. The summed E-state index contributed by atoms with van der Waals surface area (Å²) in [5.74, 6) is 0.677. The van der Waals surface area contributed by atoms with Crippen molar-refractivity contribution < 1.29 is 9.21 Å². The Labute approximate surface area is 83.0 Å². The second-order valence-electron chi connectivity index (χ2n) is 3.35. The predicted molar refractivity (Wildman–Crippen MR) is 54.2 cm³/mol. The van der Waals surface area contributed by atoms with Crippen LogP contribution in [0.5, 0.6) is 0 Å². The fourth-order valence-corrected chi connectivity index (χ4v) is 0.926. The summed E-state index contributed by atoms with van der Waals surface area (Å²) in [5, 5.41) is 3.80. The van der Waals surface area contributed by atoms with Crippen LogP contribution in [-0.4, -0.2) is 12.1 Å². The minimum Gasteiger partial charge on any atom is -0.469 e. The lowest BCUT2D eigenvalue weighted by molar-refractivity contribution is 0.0953. The number of hydrogen-bond donors (Lipinski definition) is 1. The number of rotatable bonds is 3. The van der Waals surface area contributed by atoms with Crippen LogP contribution >= 0.6 is 0 Å². The third kappa shape index (κ3) is 2.73. The molecule has 1 aromatic rings. The molecule has 0 saturated heterocycles. The van der Waals surface area contributed by atoms with E-state index in [1.54, 1.807) is 19.2 Å². The molecule has 0 fully saturated rings. The first-order valence-electron chi connectivity index (χ1n) is 4.49. The van der Waals surface area contributed by atoms with Gasteiger partial charge < -0.3 is 4.42 Å². The van der Waals surface area contributed by atoms with E-state index in [1.165, 1.54) is 6.26 Å². The van der Waals surface area contributed by atoms with Crippen molar-refractivity contribution in [3.05, 3.63) is 23.7 Å². The minimum atomic E-state index is -0.242. The maximum atomic E-state index is 11.4. The minimum absolute atomic E-state index is 0.242. The molecule has 0 unspecified atom stereocenters. The second-order valence-corrected chi connectivity index (χ2v) is 3.35. The van der Waals surface area contributed by atoms with Crippen molar-refractivity contribution in [1.82, 2.24) is 5.43 Å². The largest absolute Gasteiger partial charge is 0.469 e. The first kappa shape index (κ1) is 10.5. The number of furan rings is 1. The Kier molecular flexibility index (Phi) is 3.45. The van der Waals surface area contributed by atoms with Gasteiger partial charge in [-0.1, -0.05) is 13.8 Å². The standard InChI is InChI=1S/C10H14N2O2/c1-7(2)6-11-12-10(13)9-4-5-14-8(9)3/h4-7H,1-3H3,(H,12,13). The monoisotopic (exact) mass is 194 g/mol. The fourth-order valence-electron chi connectivity index (χ4n) is 0.926. The first-order valence-corrected chi connectivity index (χ1v) is 4.49. The zero-order chi connectivity index (χ0) is 10.6. The van der Waals surface area contributed by atoms with E-state index in [9.17, 15) is 4.79 Å². The lowest BCUT2D eigenvalue weighted by atomic mass is 10.2. The first-order chi connectivity index (χ1) is 6.61. The van der Waals surface area contributed by atoms with Gasteiger partial charge in [-0.15, -0.1) is 0 Å². The number of aryl methyl sites for hydroxylation is 1. The topological polar surface area (TPSA) is 54.6 Å². The van der Waals surface area contributed by atoms with E-state index < -0.39 is 0 Å². The van der Waals surface area contributed by atoms with Gasteiger partial charge in [0.1, 0.15) is 5.76 Å². The van der Waals surface area contributed by atoms with E-state index in [4.69, 9.17) is 4.42 Å². The summed E-state index contributed by atoms with van der Waals surface area (Å²) in [6, 6.07) is 1.62. The second kappa shape index (κ2) is 4.60. The van der Waals surface area contributed by atoms with Gasteiger partial charge in [0.2, 0.25) is 0 Å². The van der Waals surface area contributed by atoms with E-state index in [1.807, 2.05) is 13.8 Å². The molecule has 0 spiro atoms. The number of carbonyl (C=O) groups excluding carboxylic acids is 1. The average Bonchev–Trinajstić information content (AvgIpc) is 2.50. The van der Waals surface area contributed by atoms with Gasteiger partial charge in [0.25, 0.3) is 5.91 Å². The molecule has 1 N–H and O–H groups in total. The molecule has 0 radical (unpaired) electrons. The SMILES string of the molecule is Cc1occc1C(=O)NN=CC(C)C. The summed E-state index contributed by atoms with van der Waals surface area (Å²) in [5.41, 5.74) is 2.95. The van der Waals surface area contributed by atoms with Crippen molar-refractivity contribution >= 4 is 12.1 Å². The van der Waals surface area contributed by atoms with Gasteiger partial charge >= 0.3 is 0 Å². The van der Waals surface area contributed by atoms with Crippen LogP contribution in [0.25, 0.3) is 0 Å². The molecule has 1 heterocycles. The third-order valence-electron chi connectivity index (χ3n) is 1.64. The molecule has 1 aromatic heterocycles. The number of carbonyl (C=O) groups is 1. The van der Waals surface area contributed by atoms with Gasteiger partial charge in [-0.05, 0) is 18.9 Å². The van der Waals surface area contributed by atoms with Gasteiger partial charge in [-0.3, -0.25) is 4.79 Å². The maximum Gasteiger partial charge on any atom is 0.274 e. The van der Waals surface area contributed by atoms with Crippen LogP contribution in [0, 0.1) is 12.8 Å². The van der Waals surface area contributed by atoms with Crippen molar-refractivity contribution in [2.75, 3.05) is 0 Å². The van der Waals surface area contributed by atoms with Crippen LogP contribution in [0.15, 0.2) is 21.8 Å². The Morgan fingerprint density at radius 2 is 2.36 bits per heavy atom. The molecule has 14 heavy (non-hydrogen) atoms. The highest BCUT2D eigenvalue weighted by Crippen LogP contribution is 2.07. The molecular weight excluding hydrogens is 180 g/mol. The highest BCUT2D eigenvalue weighted by atomic mass is 16.3. The summed E-state index contributed by atoms with van der Waals surface area (Å²) in [4.78, 5) is 11.4. The molecule has 4 nitrogen and oxygen atoms in total. The molecular formula is C10H14N2O2. The highest BCUT2D eigenvalue weighted by molar-refractivity contribution is 5.95. The van der Waals surface area contributed by atoms with E-state index in [0.29, 0.717) is 17.2 Å². The maximum absolute atomic E-state index is 11.4. The summed E-state index contributed by atoms with van der Waals surface area (Å²) < 4.78 is 5.00. The van der Waals surface area contributed by atoms with E-state index in [-0.39, 0.29) is 5.91 Å². The molecule has 0 aromatic carbocycles. The molecule has 0 bridgehead atoms. The fraction of sp³-hybridized carbons (Fsp3) is 0.400. The number of nitrogens with one attached hydrogen (secondary N) is 1. The average molecular weight is 194 g/mol. The van der Waals surface area contributed by atoms with Gasteiger partial charge in [-0.2, -0.15) is 5.10 Å². The Morgan fingerprint density at radius 1 is 1.64 bits per heavy atom. The van der Waals surface area contributed by atoms with Crippen LogP contribution < -0.4 is 5.43 Å². The van der Waals surface area contributed by atoms with E-state index in [0.717, 1.165) is 0 Å². The van der Waals surface area contributed by atoms with Gasteiger partial charge in [0.15, 0.2) is 0 Å². The van der Waals surface area contributed by atoms with E-state index in [2.05, 4.69) is 10.5 Å². The molecule has 0 aliphatic heterocycles. The van der Waals surface area contributed by atoms with E-state index >= 15 is 0 Å². The molecule has 4 heteroatoms. The van der Waals surface area contributed by atoms with Crippen LogP contribution in [0.4, 0.5) is 0 Å². The quantitative estimate of drug-likeness (QED) is 0.590. The van der Waals surface area contributed by atoms with Gasteiger partial charge in [0.05, 0.1) is 11.8 Å². The Hall–Kier alpha value is -1.58. The Balaban J connectivity index is 2.56. The predicted octanol–water partition coefficient (Wildman–Crippen LogP) is 1.96. The summed E-state index contributed by atoms with van der Waals surface area (Å²) in [7, 11) is 0. The molecule has 1 amide bonds. The molecule has 0 atom stereocenters. The molecule has 76 valence electrons. The lowest BCUT2D eigenvalue weighted by Crippen LogP contribution is -2.18. The summed E-state index contributed by atoms with van der Waals surface area (Å²) in [6.07, 6.45) is 3.16. The Morgan fingerprint density at radius 3 is 2.86 bits per heavy atom.